The summed E-state index contributed by atoms with van der Waals surface area (Å²) in [5.74, 6) is 0.575. The first-order valence-corrected chi connectivity index (χ1v) is 13.0. The van der Waals surface area contributed by atoms with Gasteiger partial charge in [-0.1, -0.05) is 23.7 Å². The molecule has 0 unspecified atom stereocenters. The summed E-state index contributed by atoms with van der Waals surface area (Å²) in [4.78, 5) is 37.0. The lowest BCUT2D eigenvalue weighted by Crippen LogP contribution is -2.45. The minimum Gasteiger partial charge on any atom is -0.493 e. The number of aryl methyl sites for hydroxylation is 1. The smallest absolute Gasteiger partial charge is 0.338 e. The van der Waals surface area contributed by atoms with Gasteiger partial charge < -0.3 is 29.3 Å². The van der Waals surface area contributed by atoms with Crippen LogP contribution in [-0.2, 0) is 14.3 Å². The van der Waals surface area contributed by atoms with E-state index in [4.69, 9.17) is 30.2 Å². The quantitative estimate of drug-likeness (QED) is 0.180. The number of hydrazone groups is 1. The number of benzene rings is 2. The van der Waals surface area contributed by atoms with Crippen LogP contribution < -0.4 is 25.5 Å². The van der Waals surface area contributed by atoms with Crippen molar-refractivity contribution in [3.63, 3.8) is 0 Å². The molecule has 1 atom stereocenters. The molecule has 0 bridgehead atoms. The normalized spacial score (nSPS) is 14.9. The topological polar surface area (TPSA) is 140 Å². The first-order valence-electron chi connectivity index (χ1n) is 12.6. The number of amides is 3. The molecule has 214 valence electrons. The van der Waals surface area contributed by atoms with Crippen molar-refractivity contribution in [3.05, 3.63) is 81.7 Å². The number of halogens is 1. The number of furan rings is 1. The van der Waals surface area contributed by atoms with Crippen LogP contribution in [0.3, 0.4) is 0 Å². The van der Waals surface area contributed by atoms with E-state index in [1.54, 1.807) is 50.2 Å². The Bertz CT molecular complexity index is 1530. The SMILES string of the molecule is CCOC(=O)C1=C(C)NC(=O)N[C@H]1c1ccc(OCC(=O)N/N=C\c2ccc(-c3cc(Cl)ccc3C)o2)c(OC)c1. The molecule has 1 aliphatic rings. The summed E-state index contributed by atoms with van der Waals surface area (Å²) >= 11 is 6.10. The minimum absolute atomic E-state index is 0.184. The van der Waals surface area contributed by atoms with E-state index >= 15 is 0 Å². The number of carbonyl (C=O) groups is 3. The first-order chi connectivity index (χ1) is 19.7. The number of nitrogens with zero attached hydrogens (tertiary/aromatic N) is 1. The van der Waals surface area contributed by atoms with Crippen molar-refractivity contribution in [2.24, 2.45) is 5.10 Å². The zero-order valence-electron chi connectivity index (χ0n) is 22.9. The van der Waals surface area contributed by atoms with Crippen LogP contribution in [0.2, 0.25) is 5.02 Å². The highest BCUT2D eigenvalue weighted by atomic mass is 35.5. The predicted molar refractivity (Wildman–Crippen MR) is 152 cm³/mol. The number of esters is 1. The maximum atomic E-state index is 12.6. The number of hydrogen-bond donors (Lipinski definition) is 3. The number of hydrogen-bond acceptors (Lipinski definition) is 8. The third-order valence-corrected chi connectivity index (χ3v) is 6.35. The second kappa shape index (κ2) is 13.1. The number of rotatable bonds is 10. The van der Waals surface area contributed by atoms with E-state index < -0.39 is 23.9 Å². The summed E-state index contributed by atoms with van der Waals surface area (Å²) in [5.41, 5.74) is 5.47. The van der Waals surface area contributed by atoms with Gasteiger partial charge in [-0.15, -0.1) is 0 Å². The van der Waals surface area contributed by atoms with Gasteiger partial charge in [-0.2, -0.15) is 5.10 Å². The number of urea groups is 1. The molecule has 0 saturated carbocycles. The average molecular weight is 581 g/mol. The number of methoxy groups -OCH3 is 1. The molecule has 2 aromatic carbocycles. The van der Waals surface area contributed by atoms with Crippen molar-refractivity contribution in [3.8, 4) is 22.8 Å². The van der Waals surface area contributed by atoms with Gasteiger partial charge in [0.05, 0.1) is 31.5 Å². The highest BCUT2D eigenvalue weighted by Gasteiger charge is 2.32. The van der Waals surface area contributed by atoms with Crippen LogP contribution in [0.25, 0.3) is 11.3 Å². The molecule has 1 aromatic heterocycles. The van der Waals surface area contributed by atoms with Gasteiger partial charge in [-0.25, -0.2) is 15.0 Å². The van der Waals surface area contributed by atoms with Crippen LogP contribution in [0, 0.1) is 6.92 Å². The zero-order chi connectivity index (χ0) is 29.5. The molecule has 0 saturated heterocycles. The molecule has 1 aliphatic heterocycles. The fourth-order valence-corrected chi connectivity index (χ4v) is 4.35. The molecule has 0 fully saturated rings. The van der Waals surface area contributed by atoms with Crippen molar-refractivity contribution < 1.29 is 33.0 Å². The molecule has 11 nitrogen and oxygen atoms in total. The fourth-order valence-electron chi connectivity index (χ4n) is 4.18. The Kier molecular flexibility index (Phi) is 9.30. The van der Waals surface area contributed by atoms with Crippen molar-refractivity contribution in [2.75, 3.05) is 20.3 Å². The fraction of sp³-hybridized carbons (Fsp3) is 0.241. The van der Waals surface area contributed by atoms with Gasteiger partial charge in [0, 0.05) is 16.3 Å². The van der Waals surface area contributed by atoms with Gasteiger partial charge in [0.2, 0.25) is 0 Å². The lowest BCUT2D eigenvalue weighted by Gasteiger charge is -2.28. The Balaban J connectivity index is 1.38. The molecular formula is C29H29ClN4O7. The van der Waals surface area contributed by atoms with E-state index in [2.05, 4.69) is 21.2 Å². The summed E-state index contributed by atoms with van der Waals surface area (Å²) in [7, 11) is 1.44. The van der Waals surface area contributed by atoms with E-state index in [0.717, 1.165) is 11.1 Å². The Labute approximate surface area is 241 Å². The van der Waals surface area contributed by atoms with Crippen LogP contribution >= 0.6 is 11.6 Å². The number of allylic oxidation sites excluding steroid dienone is 1. The zero-order valence-corrected chi connectivity index (χ0v) is 23.6. The van der Waals surface area contributed by atoms with Gasteiger partial charge in [0.25, 0.3) is 5.91 Å². The van der Waals surface area contributed by atoms with Gasteiger partial charge in [-0.3, -0.25) is 4.79 Å². The van der Waals surface area contributed by atoms with E-state index in [0.29, 0.717) is 33.6 Å². The Morgan fingerprint density at radius 1 is 1.12 bits per heavy atom. The number of carbonyl (C=O) groups excluding carboxylic acids is 3. The summed E-state index contributed by atoms with van der Waals surface area (Å²) in [6, 6.07) is 12.7. The van der Waals surface area contributed by atoms with Crippen molar-refractivity contribution in [2.45, 2.75) is 26.8 Å². The third-order valence-electron chi connectivity index (χ3n) is 6.12. The Morgan fingerprint density at radius 2 is 1.93 bits per heavy atom. The highest BCUT2D eigenvalue weighted by Crippen LogP contribution is 2.34. The highest BCUT2D eigenvalue weighted by molar-refractivity contribution is 6.30. The minimum atomic E-state index is -0.770. The molecule has 0 spiro atoms. The van der Waals surface area contributed by atoms with Crippen molar-refractivity contribution in [1.82, 2.24) is 16.1 Å². The molecule has 2 heterocycles. The van der Waals surface area contributed by atoms with E-state index in [1.165, 1.54) is 13.3 Å². The molecule has 3 aromatic rings. The van der Waals surface area contributed by atoms with Gasteiger partial charge in [0.1, 0.15) is 11.5 Å². The predicted octanol–water partition coefficient (Wildman–Crippen LogP) is 4.64. The first kappa shape index (κ1) is 29.2. The van der Waals surface area contributed by atoms with Crippen molar-refractivity contribution >= 4 is 35.7 Å². The van der Waals surface area contributed by atoms with E-state index in [1.807, 2.05) is 19.1 Å². The summed E-state index contributed by atoms with van der Waals surface area (Å²) in [6.07, 6.45) is 1.38. The molecule has 4 rings (SSSR count). The van der Waals surface area contributed by atoms with Gasteiger partial charge >= 0.3 is 12.0 Å². The average Bonchev–Trinajstić information content (AvgIpc) is 3.41. The summed E-state index contributed by atoms with van der Waals surface area (Å²) < 4.78 is 22.0. The largest absolute Gasteiger partial charge is 0.493 e. The van der Waals surface area contributed by atoms with Gasteiger partial charge in [-0.05, 0) is 68.3 Å². The Hall–Kier alpha value is -4.77. The van der Waals surface area contributed by atoms with Gasteiger partial charge in [0.15, 0.2) is 18.1 Å². The van der Waals surface area contributed by atoms with Crippen molar-refractivity contribution in [1.29, 1.82) is 0 Å². The molecule has 12 heteroatoms. The molecular weight excluding hydrogens is 552 g/mol. The summed E-state index contributed by atoms with van der Waals surface area (Å²) in [5, 5.41) is 9.84. The van der Waals surface area contributed by atoms with E-state index in [-0.39, 0.29) is 24.5 Å². The second-order valence-corrected chi connectivity index (χ2v) is 9.38. The van der Waals surface area contributed by atoms with Crippen LogP contribution in [0.1, 0.15) is 36.8 Å². The van der Waals surface area contributed by atoms with Crippen LogP contribution in [-0.4, -0.2) is 44.4 Å². The lowest BCUT2D eigenvalue weighted by molar-refractivity contribution is -0.139. The van der Waals surface area contributed by atoms with Crippen LogP contribution in [0.15, 0.2) is 69.3 Å². The third kappa shape index (κ3) is 7.06. The Morgan fingerprint density at radius 3 is 2.68 bits per heavy atom. The standard InChI is InChI=1S/C29H29ClN4O7/c1-5-39-28(36)26-17(3)32-29(37)33-27(26)18-7-10-23(24(12-18)38-4)40-15-25(35)34-31-14-20-9-11-22(41-20)21-13-19(30)8-6-16(21)2/h6-14,27H,5,15H2,1-4H3,(H,34,35)(H2,32,33,37)/b31-14-/t27-/m0/s1. The maximum absolute atomic E-state index is 12.6. The summed E-state index contributed by atoms with van der Waals surface area (Å²) in [6.45, 7) is 5.11. The molecule has 41 heavy (non-hydrogen) atoms. The van der Waals surface area contributed by atoms with Crippen LogP contribution in [0.4, 0.5) is 4.79 Å². The maximum Gasteiger partial charge on any atom is 0.338 e. The monoisotopic (exact) mass is 580 g/mol. The molecule has 0 aliphatic carbocycles. The van der Waals surface area contributed by atoms with E-state index in [9.17, 15) is 14.4 Å². The number of nitrogens with one attached hydrogen (secondary N) is 3. The number of ether oxygens (including phenoxy) is 3. The molecule has 3 amide bonds. The molecule has 0 radical (unpaired) electrons. The molecule has 3 N–H and O–H groups in total. The van der Waals surface area contributed by atoms with Crippen LogP contribution in [0.5, 0.6) is 11.5 Å². The lowest BCUT2D eigenvalue weighted by atomic mass is 9.95. The second-order valence-electron chi connectivity index (χ2n) is 8.94.